The van der Waals surface area contributed by atoms with E-state index < -0.39 is 29.7 Å². The third kappa shape index (κ3) is 10.9. The van der Waals surface area contributed by atoms with E-state index in [1.165, 1.54) is 39.4 Å². The minimum absolute atomic E-state index is 0.0782. The molecule has 0 radical (unpaired) electrons. The molecular weight excluding hydrogens is 903 g/mol. The summed E-state index contributed by atoms with van der Waals surface area (Å²) in [6, 6.07) is 22.7. The van der Waals surface area contributed by atoms with Crippen LogP contribution in [0.3, 0.4) is 0 Å². The second kappa shape index (κ2) is 22.5. The third-order valence-corrected chi connectivity index (χ3v) is 15.0. The number of likely N-dealkylation sites (tertiary alicyclic amines) is 2. The van der Waals surface area contributed by atoms with Crippen molar-refractivity contribution in [1.29, 1.82) is 0 Å². The van der Waals surface area contributed by atoms with E-state index in [2.05, 4.69) is 35.3 Å². The number of para-hydroxylation sites is 1. The number of nitrogens with zero attached hydrogens (tertiary/aromatic N) is 8. The number of carbonyl (C=O) groups excluding carboxylic acids is 6. The lowest BCUT2D eigenvalue weighted by Gasteiger charge is -2.45. The van der Waals surface area contributed by atoms with Crippen LogP contribution in [0.1, 0.15) is 95.3 Å². The first kappa shape index (κ1) is 49.2. The molecule has 3 aromatic carbocycles. The number of hydrogen-bond donors (Lipinski definition) is 3. The van der Waals surface area contributed by atoms with Gasteiger partial charge in [-0.05, 0) is 119 Å². The van der Waals surface area contributed by atoms with Crippen LogP contribution in [0.5, 0.6) is 11.5 Å². The molecule has 1 unspecified atom stereocenters. The maximum atomic E-state index is 13.4. The molecule has 1 atom stereocenters. The van der Waals surface area contributed by atoms with Crippen LogP contribution in [-0.2, 0) is 16.1 Å². The van der Waals surface area contributed by atoms with E-state index >= 15 is 0 Å². The summed E-state index contributed by atoms with van der Waals surface area (Å²) in [7, 11) is 1.45. The molecule has 4 N–H and O–H groups in total. The fourth-order valence-electron chi connectivity index (χ4n) is 11.2. The Balaban J connectivity index is 0.000000209. The summed E-state index contributed by atoms with van der Waals surface area (Å²) >= 11 is 0. The number of aromatic nitrogens is 2. The maximum absolute atomic E-state index is 13.4. The van der Waals surface area contributed by atoms with Gasteiger partial charge in [-0.25, -0.2) is 9.48 Å². The molecule has 7 heterocycles. The molecule has 6 aliphatic rings. The molecule has 18 heteroatoms. The highest BCUT2D eigenvalue weighted by Gasteiger charge is 2.43. The molecular formula is C53H67N11O7. The van der Waals surface area contributed by atoms with Crippen molar-refractivity contribution < 1.29 is 33.5 Å². The van der Waals surface area contributed by atoms with E-state index in [9.17, 15) is 28.8 Å². The highest BCUT2D eigenvalue weighted by atomic mass is 16.5. The Morgan fingerprint density at radius 3 is 2.04 bits per heavy atom. The Kier molecular flexibility index (Phi) is 15.6. The lowest BCUT2D eigenvalue weighted by Crippen LogP contribution is -2.58. The first-order valence-corrected chi connectivity index (χ1v) is 25.5. The molecule has 18 nitrogen and oxygen atoms in total. The lowest BCUT2D eigenvalue weighted by atomic mass is 10.00. The van der Waals surface area contributed by atoms with Crippen molar-refractivity contribution in [2.75, 3.05) is 89.3 Å². The maximum Gasteiger partial charge on any atom is 0.320 e. The number of fused-ring (bicyclic) bond motifs is 2. The van der Waals surface area contributed by atoms with Gasteiger partial charge in [0, 0.05) is 102 Å². The van der Waals surface area contributed by atoms with Crippen LogP contribution in [0.15, 0.2) is 72.8 Å². The molecule has 4 aromatic rings. The summed E-state index contributed by atoms with van der Waals surface area (Å²) in [4.78, 5) is 87.8. The van der Waals surface area contributed by atoms with Gasteiger partial charge < -0.3 is 45.5 Å². The molecule has 10 rings (SSSR count). The van der Waals surface area contributed by atoms with Crippen LogP contribution in [0.4, 0.5) is 16.3 Å². The largest absolute Gasteiger partial charge is 0.457 e. The Labute approximate surface area is 415 Å². The molecule has 4 fully saturated rings. The number of piperazine rings is 1. The van der Waals surface area contributed by atoms with Gasteiger partial charge in [0.05, 0.1) is 11.1 Å². The number of rotatable bonds is 12. The highest BCUT2D eigenvalue weighted by molar-refractivity contribution is 6.23. The number of amides is 6. The van der Waals surface area contributed by atoms with Crippen LogP contribution in [0.25, 0.3) is 11.3 Å². The molecule has 0 bridgehead atoms. The van der Waals surface area contributed by atoms with Crippen LogP contribution >= 0.6 is 0 Å². The zero-order valence-electron chi connectivity index (χ0n) is 40.8. The van der Waals surface area contributed by atoms with E-state index in [1.54, 1.807) is 12.1 Å². The second-order valence-corrected chi connectivity index (χ2v) is 19.3. The zero-order valence-corrected chi connectivity index (χ0v) is 40.8. The number of aldehydes is 1. The summed E-state index contributed by atoms with van der Waals surface area (Å²) in [5.74, 6) is 0.275. The number of nitrogens with two attached hydrogens (primary N) is 1. The summed E-state index contributed by atoms with van der Waals surface area (Å²) in [6.45, 7) is 10.8. The molecule has 4 saturated heterocycles. The number of carbonyl (C=O) groups is 6. The van der Waals surface area contributed by atoms with Crippen LogP contribution in [0, 0.1) is 0 Å². The average molecular weight is 970 g/mol. The van der Waals surface area contributed by atoms with Crippen molar-refractivity contribution in [3.63, 3.8) is 0 Å². The predicted octanol–water partition coefficient (Wildman–Crippen LogP) is 5.29. The Bertz CT molecular complexity index is 2540. The van der Waals surface area contributed by atoms with Gasteiger partial charge >= 0.3 is 6.03 Å². The number of anilines is 2. The van der Waals surface area contributed by atoms with Gasteiger partial charge in [0.2, 0.25) is 5.91 Å². The van der Waals surface area contributed by atoms with E-state index in [1.807, 2.05) is 70.2 Å². The molecule has 0 aliphatic carbocycles. The van der Waals surface area contributed by atoms with Gasteiger partial charge in [-0.2, -0.15) is 5.10 Å². The predicted molar refractivity (Wildman–Crippen MR) is 270 cm³/mol. The summed E-state index contributed by atoms with van der Waals surface area (Å²) in [6.07, 6.45) is 9.96. The number of aryl methyl sites for hydroxylation is 1. The minimum Gasteiger partial charge on any atom is -0.457 e. The van der Waals surface area contributed by atoms with Gasteiger partial charge in [-0.15, -0.1) is 0 Å². The molecule has 0 spiro atoms. The van der Waals surface area contributed by atoms with Gasteiger partial charge in [-0.1, -0.05) is 24.6 Å². The fourth-order valence-corrected chi connectivity index (χ4v) is 11.2. The van der Waals surface area contributed by atoms with E-state index in [-0.39, 0.29) is 18.9 Å². The highest BCUT2D eigenvalue weighted by Crippen LogP contribution is 2.34. The first-order chi connectivity index (χ1) is 34.6. The standard InChI is InChI=1S/C34H49N7O5.C19H18N4O2/c1-35-31(43)30(6-5-23-42)41-32(44)28-8-7-27(24-29(28)33(41)45)37-15-9-26(10-16-37)38-19-21-40(22-20-38)34(46)39-17-11-25(12-18-39)36-13-3-2-4-14-36;20-18(24)16-17(22-23-12-4-11-21-19(16)23)13-7-9-15(10-8-13)25-14-5-2-1-3-6-14/h7-8,23-26,30H,2-6,9-22H2,1H3,(H,35,43);1-3,5-10,21H,4,11-12H2,(H2,20,24). The first-order valence-electron chi connectivity index (χ1n) is 25.5. The van der Waals surface area contributed by atoms with Crippen molar-refractivity contribution in [2.45, 2.75) is 88.9 Å². The van der Waals surface area contributed by atoms with Crippen molar-refractivity contribution in [1.82, 2.24) is 39.6 Å². The van der Waals surface area contributed by atoms with Crippen molar-refractivity contribution in [3.8, 4) is 22.8 Å². The number of likely N-dealkylation sites (N-methyl/N-ethyl adjacent to an activating group) is 1. The van der Waals surface area contributed by atoms with E-state index in [4.69, 9.17) is 10.5 Å². The van der Waals surface area contributed by atoms with Crippen molar-refractivity contribution in [3.05, 3.63) is 89.5 Å². The van der Waals surface area contributed by atoms with Crippen LogP contribution in [-0.4, -0.2) is 167 Å². The lowest BCUT2D eigenvalue weighted by molar-refractivity contribution is -0.124. The number of benzene rings is 3. The van der Waals surface area contributed by atoms with Crippen molar-refractivity contribution in [2.24, 2.45) is 5.73 Å². The Hall–Kier alpha value is -6.79. The quantitative estimate of drug-likeness (QED) is 0.123. The number of hydrogen-bond acceptors (Lipinski definition) is 12. The molecule has 71 heavy (non-hydrogen) atoms. The smallest absolute Gasteiger partial charge is 0.320 e. The Morgan fingerprint density at radius 1 is 0.746 bits per heavy atom. The van der Waals surface area contributed by atoms with Crippen LogP contribution < -0.4 is 26.0 Å². The summed E-state index contributed by atoms with van der Waals surface area (Å²) < 4.78 is 7.61. The van der Waals surface area contributed by atoms with Gasteiger partial charge in [-0.3, -0.25) is 29.0 Å². The SMILES string of the molecule is CNC(=O)C(CCC=O)N1C(=O)c2ccc(N3CCC(N4CCN(C(=O)N5CCC(N6CCCCC6)CC5)CC4)CC3)cc2C1=O.NC(=O)c1c(-c2ccc(Oc3ccccc3)cc2)nn2c1NCCC2. The monoisotopic (exact) mass is 970 g/mol. The molecule has 1 aromatic heterocycles. The molecule has 0 saturated carbocycles. The number of ether oxygens (including phenoxy) is 1. The number of nitrogens with one attached hydrogen (secondary N) is 2. The minimum atomic E-state index is -1.02. The fraction of sp³-hybridized carbons (Fsp3) is 0.491. The number of piperidine rings is 3. The third-order valence-electron chi connectivity index (χ3n) is 15.0. The second-order valence-electron chi connectivity index (χ2n) is 19.3. The molecule has 6 amide bonds. The number of urea groups is 1. The number of primary amides is 1. The average Bonchev–Trinajstić information content (AvgIpc) is 3.93. The zero-order chi connectivity index (χ0) is 49.4. The van der Waals surface area contributed by atoms with Crippen LogP contribution in [0.2, 0.25) is 0 Å². The normalized spacial score (nSPS) is 19.5. The van der Waals surface area contributed by atoms with Crippen molar-refractivity contribution >= 4 is 47.5 Å². The summed E-state index contributed by atoms with van der Waals surface area (Å²) in [5.41, 5.74) is 8.96. The topological polar surface area (TPSA) is 199 Å². The summed E-state index contributed by atoms with van der Waals surface area (Å²) in [5, 5.41) is 10.3. The molecule has 376 valence electrons. The Morgan fingerprint density at radius 2 is 1.38 bits per heavy atom. The van der Waals surface area contributed by atoms with Gasteiger partial charge in [0.15, 0.2) is 0 Å². The van der Waals surface area contributed by atoms with Gasteiger partial charge in [0.25, 0.3) is 17.7 Å². The number of imide groups is 1. The van der Waals surface area contributed by atoms with Gasteiger partial charge in [0.1, 0.15) is 40.9 Å². The van der Waals surface area contributed by atoms with E-state index in [0.717, 1.165) is 125 Å². The molecule has 6 aliphatic heterocycles. The van der Waals surface area contributed by atoms with E-state index in [0.29, 0.717) is 46.6 Å².